The highest BCUT2D eigenvalue weighted by Crippen LogP contribution is 2.31. The molecule has 0 aliphatic rings. The molecule has 2 aromatic carbocycles. The monoisotopic (exact) mass is 336 g/mol. The van der Waals surface area contributed by atoms with Crippen LogP contribution in [0.2, 0.25) is 0 Å². The molecule has 1 N–H and O–H groups in total. The van der Waals surface area contributed by atoms with Crippen LogP contribution in [0.15, 0.2) is 59.6 Å². The number of benzene rings is 2. The Bertz CT molecular complexity index is 916. The van der Waals surface area contributed by atoms with Gasteiger partial charge in [-0.25, -0.2) is 0 Å². The maximum Gasteiger partial charge on any atom is 0.293 e. The summed E-state index contributed by atoms with van der Waals surface area (Å²) >= 11 is 0. The minimum absolute atomic E-state index is 0.0607. The van der Waals surface area contributed by atoms with Crippen LogP contribution in [0.3, 0.4) is 0 Å². The van der Waals surface area contributed by atoms with E-state index in [2.05, 4.69) is 22.0 Å². The molecule has 0 fully saturated rings. The maximum absolute atomic E-state index is 11.3. The van der Waals surface area contributed by atoms with Crippen molar-refractivity contribution in [3.05, 3.63) is 70.8 Å². The first kappa shape index (κ1) is 16.4. The standard InChI is InChI=1S/C18H16N4O3/c1-3-10-19-15-9-8-14(11-16(15)22(23)24)18-20-17(21-25-18)13-6-4-12(2)5-7-13/h3-9,11,19H,1,10H2,2H3. The number of nitrogens with zero attached hydrogens (tertiary/aromatic N) is 3. The number of aromatic nitrogens is 2. The third-order valence-electron chi connectivity index (χ3n) is 3.61. The highest BCUT2D eigenvalue weighted by atomic mass is 16.6. The molecule has 0 unspecified atom stereocenters. The average Bonchev–Trinajstić information content (AvgIpc) is 3.10. The van der Waals surface area contributed by atoms with Crippen LogP contribution in [0.1, 0.15) is 5.56 Å². The van der Waals surface area contributed by atoms with E-state index in [1.807, 2.05) is 31.2 Å². The molecule has 3 rings (SSSR count). The van der Waals surface area contributed by atoms with E-state index in [1.165, 1.54) is 6.07 Å². The van der Waals surface area contributed by atoms with Gasteiger partial charge < -0.3 is 9.84 Å². The molecule has 7 heteroatoms. The molecule has 1 heterocycles. The molecule has 0 amide bonds. The van der Waals surface area contributed by atoms with Gasteiger partial charge in [-0.3, -0.25) is 10.1 Å². The number of anilines is 1. The van der Waals surface area contributed by atoms with Crippen LogP contribution >= 0.6 is 0 Å². The lowest BCUT2D eigenvalue weighted by Crippen LogP contribution is -2.02. The lowest BCUT2D eigenvalue weighted by Gasteiger charge is -2.05. The Morgan fingerprint density at radius 1 is 1.24 bits per heavy atom. The number of nitro benzene ring substituents is 1. The number of rotatable bonds is 6. The van der Waals surface area contributed by atoms with Gasteiger partial charge in [0.05, 0.1) is 4.92 Å². The van der Waals surface area contributed by atoms with Gasteiger partial charge in [-0.1, -0.05) is 41.1 Å². The molecule has 1 aromatic heterocycles. The molecule has 0 saturated carbocycles. The van der Waals surface area contributed by atoms with Crippen molar-refractivity contribution in [3.63, 3.8) is 0 Å². The van der Waals surface area contributed by atoms with Gasteiger partial charge in [-0.15, -0.1) is 6.58 Å². The van der Waals surface area contributed by atoms with E-state index < -0.39 is 4.92 Å². The second kappa shape index (κ2) is 6.96. The van der Waals surface area contributed by atoms with E-state index in [9.17, 15) is 10.1 Å². The Hall–Kier alpha value is -3.48. The van der Waals surface area contributed by atoms with Crippen molar-refractivity contribution in [1.29, 1.82) is 0 Å². The van der Waals surface area contributed by atoms with Crippen molar-refractivity contribution in [1.82, 2.24) is 10.1 Å². The smallest absolute Gasteiger partial charge is 0.293 e. The fourth-order valence-corrected chi connectivity index (χ4v) is 2.31. The first-order chi connectivity index (χ1) is 12.1. The second-order valence-corrected chi connectivity index (χ2v) is 5.45. The predicted octanol–water partition coefficient (Wildman–Crippen LogP) is 4.22. The fraction of sp³-hybridized carbons (Fsp3) is 0.111. The summed E-state index contributed by atoms with van der Waals surface area (Å²) in [5, 5.41) is 18.2. The van der Waals surface area contributed by atoms with Crippen LogP contribution in [0.4, 0.5) is 11.4 Å². The van der Waals surface area contributed by atoms with E-state index in [4.69, 9.17) is 4.52 Å². The zero-order chi connectivity index (χ0) is 17.8. The SMILES string of the molecule is C=CCNc1ccc(-c2nc(-c3ccc(C)cc3)no2)cc1[N+](=O)[O-]. The molecule has 25 heavy (non-hydrogen) atoms. The predicted molar refractivity (Wildman–Crippen MR) is 95.2 cm³/mol. The van der Waals surface area contributed by atoms with Crippen molar-refractivity contribution in [2.45, 2.75) is 6.92 Å². The molecule has 0 aliphatic carbocycles. The van der Waals surface area contributed by atoms with Crippen LogP contribution in [0.5, 0.6) is 0 Å². The van der Waals surface area contributed by atoms with Crippen molar-refractivity contribution in [2.75, 3.05) is 11.9 Å². The summed E-state index contributed by atoms with van der Waals surface area (Å²) in [7, 11) is 0. The number of aryl methyl sites for hydroxylation is 1. The van der Waals surface area contributed by atoms with Gasteiger partial charge in [0.1, 0.15) is 5.69 Å². The van der Waals surface area contributed by atoms with Gasteiger partial charge in [0.25, 0.3) is 11.6 Å². The summed E-state index contributed by atoms with van der Waals surface area (Å²) in [6.45, 7) is 6.01. The molecule has 0 aliphatic heterocycles. The van der Waals surface area contributed by atoms with Crippen LogP contribution < -0.4 is 5.32 Å². The van der Waals surface area contributed by atoms with Crippen molar-refractivity contribution in [2.24, 2.45) is 0 Å². The highest BCUT2D eigenvalue weighted by Gasteiger charge is 2.18. The summed E-state index contributed by atoms with van der Waals surface area (Å²) < 4.78 is 5.27. The molecule has 0 spiro atoms. The zero-order valence-corrected chi connectivity index (χ0v) is 13.6. The third kappa shape index (κ3) is 3.55. The number of hydrogen-bond donors (Lipinski definition) is 1. The molecular weight excluding hydrogens is 320 g/mol. The second-order valence-electron chi connectivity index (χ2n) is 5.45. The quantitative estimate of drug-likeness (QED) is 0.411. The molecule has 0 radical (unpaired) electrons. The molecule has 0 saturated heterocycles. The maximum atomic E-state index is 11.3. The van der Waals surface area contributed by atoms with Gasteiger partial charge in [0, 0.05) is 23.7 Å². The minimum Gasteiger partial charge on any atom is -0.376 e. The van der Waals surface area contributed by atoms with E-state index in [-0.39, 0.29) is 11.6 Å². The van der Waals surface area contributed by atoms with Crippen LogP contribution in [-0.2, 0) is 0 Å². The lowest BCUT2D eigenvalue weighted by atomic mass is 10.1. The summed E-state index contributed by atoms with van der Waals surface area (Å²) in [5.41, 5.74) is 2.79. The third-order valence-corrected chi connectivity index (χ3v) is 3.61. The summed E-state index contributed by atoms with van der Waals surface area (Å²) in [6, 6.07) is 12.4. The van der Waals surface area contributed by atoms with Gasteiger partial charge in [0.2, 0.25) is 5.82 Å². The van der Waals surface area contributed by atoms with Crippen LogP contribution in [-0.4, -0.2) is 21.6 Å². The van der Waals surface area contributed by atoms with Gasteiger partial charge in [-0.2, -0.15) is 4.98 Å². The fourth-order valence-electron chi connectivity index (χ4n) is 2.31. The molecule has 0 atom stereocenters. The van der Waals surface area contributed by atoms with Crippen molar-refractivity contribution >= 4 is 11.4 Å². The Kier molecular flexibility index (Phi) is 4.56. The van der Waals surface area contributed by atoms with Gasteiger partial charge in [0.15, 0.2) is 0 Å². The molecule has 126 valence electrons. The highest BCUT2D eigenvalue weighted by molar-refractivity contribution is 5.70. The Morgan fingerprint density at radius 3 is 2.64 bits per heavy atom. The zero-order valence-electron chi connectivity index (χ0n) is 13.6. The van der Waals surface area contributed by atoms with Crippen LogP contribution in [0.25, 0.3) is 22.8 Å². The largest absolute Gasteiger partial charge is 0.376 e. The summed E-state index contributed by atoms with van der Waals surface area (Å²) in [4.78, 5) is 15.2. The van der Waals surface area contributed by atoms with Gasteiger partial charge >= 0.3 is 0 Å². The van der Waals surface area contributed by atoms with Crippen LogP contribution in [0, 0.1) is 17.0 Å². The Morgan fingerprint density at radius 2 is 1.96 bits per heavy atom. The average molecular weight is 336 g/mol. The Labute approximate surface area is 144 Å². The summed E-state index contributed by atoms with van der Waals surface area (Å²) in [6.07, 6.45) is 1.63. The number of hydrogen-bond acceptors (Lipinski definition) is 6. The molecule has 0 bridgehead atoms. The summed E-state index contributed by atoms with van der Waals surface area (Å²) in [5.74, 6) is 0.667. The normalized spacial score (nSPS) is 10.4. The number of nitro groups is 1. The topological polar surface area (TPSA) is 94.1 Å². The Balaban J connectivity index is 1.94. The lowest BCUT2D eigenvalue weighted by molar-refractivity contribution is -0.383. The van der Waals surface area contributed by atoms with E-state index in [0.29, 0.717) is 23.6 Å². The first-order valence-electron chi connectivity index (χ1n) is 7.63. The van der Waals surface area contributed by atoms with Crippen molar-refractivity contribution in [3.8, 4) is 22.8 Å². The van der Waals surface area contributed by atoms with E-state index in [1.54, 1.807) is 18.2 Å². The van der Waals surface area contributed by atoms with E-state index in [0.717, 1.165) is 11.1 Å². The van der Waals surface area contributed by atoms with Gasteiger partial charge in [-0.05, 0) is 19.1 Å². The van der Waals surface area contributed by atoms with E-state index >= 15 is 0 Å². The molecule has 3 aromatic rings. The number of nitrogens with one attached hydrogen (secondary N) is 1. The molecule has 7 nitrogen and oxygen atoms in total. The van der Waals surface area contributed by atoms with Crippen molar-refractivity contribution < 1.29 is 9.45 Å². The minimum atomic E-state index is -0.452. The molecular formula is C18H16N4O3. The first-order valence-corrected chi connectivity index (χ1v) is 7.63.